The fraction of sp³-hybridized carbons (Fsp3) is 0.606. The van der Waals surface area contributed by atoms with Gasteiger partial charge in [-0.2, -0.15) is 0 Å². The molecule has 0 heterocycles. The van der Waals surface area contributed by atoms with E-state index in [1.807, 2.05) is 6.07 Å². The quantitative estimate of drug-likeness (QED) is 0.0966. The molecule has 4 nitrogen and oxygen atoms in total. The van der Waals surface area contributed by atoms with Gasteiger partial charge in [-0.25, -0.2) is 0 Å². The van der Waals surface area contributed by atoms with Gasteiger partial charge in [-0.15, -0.1) is 0 Å². The van der Waals surface area contributed by atoms with E-state index in [0.717, 1.165) is 49.0 Å². The monoisotopic (exact) mass is 510 g/mol. The summed E-state index contributed by atoms with van der Waals surface area (Å²) in [4.78, 5) is 12.1. The minimum absolute atomic E-state index is 0.0940. The molecule has 0 radical (unpaired) electrons. The van der Waals surface area contributed by atoms with Crippen molar-refractivity contribution in [3.8, 4) is 5.75 Å². The van der Waals surface area contributed by atoms with E-state index >= 15 is 0 Å². The first-order valence-electron chi connectivity index (χ1n) is 14.7. The van der Waals surface area contributed by atoms with Crippen molar-refractivity contribution in [1.29, 1.82) is 0 Å². The van der Waals surface area contributed by atoms with Crippen LogP contribution in [0.15, 0.2) is 54.6 Å². The Balaban J connectivity index is 1.52. The maximum atomic E-state index is 12.1. The molecule has 0 fully saturated rings. The van der Waals surface area contributed by atoms with Crippen LogP contribution in [0, 0.1) is 0 Å². The van der Waals surface area contributed by atoms with Crippen molar-refractivity contribution < 1.29 is 18.8 Å². The van der Waals surface area contributed by atoms with Crippen molar-refractivity contribution in [2.24, 2.45) is 0 Å². The van der Waals surface area contributed by atoms with Crippen LogP contribution >= 0.6 is 0 Å². The summed E-state index contributed by atoms with van der Waals surface area (Å²) < 4.78 is 12.4. The van der Waals surface area contributed by atoms with Gasteiger partial charge in [0.05, 0.1) is 33.9 Å². The molecule has 0 atom stereocenters. The minimum atomic E-state index is -0.0940. The molecule has 0 spiro atoms. The smallest absolute Gasteiger partial charge is 0.305 e. The van der Waals surface area contributed by atoms with Crippen LogP contribution < -0.4 is 4.74 Å². The molecule has 0 aliphatic rings. The summed E-state index contributed by atoms with van der Waals surface area (Å²) in [5, 5.41) is 0. The third kappa shape index (κ3) is 14.9. The lowest BCUT2D eigenvalue weighted by molar-refractivity contribution is -0.903. The van der Waals surface area contributed by atoms with Crippen molar-refractivity contribution in [2.45, 2.75) is 96.9 Å². The van der Waals surface area contributed by atoms with Crippen molar-refractivity contribution in [3.05, 3.63) is 65.7 Å². The van der Waals surface area contributed by atoms with E-state index in [9.17, 15) is 4.79 Å². The van der Waals surface area contributed by atoms with E-state index in [1.165, 1.54) is 62.5 Å². The molecule has 2 rings (SSSR count). The highest BCUT2D eigenvalue weighted by atomic mass is 16.5. The van der Waals surface area contributed by atoms with Crippen molar-refractivity contribution >= 4 is 5.97 Å². The van der Waals surface area contributed by atoms with Crippen molar-refractivity contribution in [1.82, 2.24) is 0 Å². The molecular formula is C33H52NO3+. The largest absolute Gasteiger partial charge is 0.493 e. The molecule has 37 heavy (non-hydrogen) atoms. The van der Waals surface area contributed by atoms with E-state index in [1.54, 1.807) is 0 Å². The number of hydrogen-bond acceptors (Lipinski definition) is 3. The molecule has 0 bridgehead atoms. The first-order valence-corrected chi connectivity index (χ1v) is 14.7. The summed E-state index contributed by atoms with van der Waals surface area (Å²) >= 11 is 0. The number of benzene rings is 2. The second kappa shape index (κ2) is 18.8. The standard InChI is InChI=1S/C33H52NO3/c1-4-5-6-7-8-9-10-14-22-31-23-15-16-24-32(31)36-27-19-28-37-33(35)25-17-18-26-34(2,3)29-30-20-12-11-13-21-30/h11-13,15-16,20-21,23-24H,4-10,14,17-19,22,25-29H2,1-3H3/q+1. The molecule has 0 N–H and O–H groups in total. The maximum absolute atomic E-state index is 12.1. The number of carbonyl (C=O) groups excluding carboxylic acids is 1. The first kappa shape index (κ1) is 30.9. The summed E-state index contributed by atoms with van der Waals surface area (Å²) in [5.41, 5.74) is 2.64. The number of unbranched alkanes of at least 4 members (excludes halogenated alkanes) is 8. The molecule has 0 saturated carbocycles. The van der Waals surface area contributed by atoms with E-state index in [2.05, 4.69) is 69.6 Å². The Bertz CT molecular complexity index is 850. The highest BCUT2D eigenvalue weighted by molar-refractivity contribution is 5.69. The molecule has 2 aromatic rings. The van der Waals surface area contributed by atoms with Gasteiger partial charge in [0.25, 0.3) is 0 Å². The lowest BCUT2D eigenvalue weighted by Gasteiger charge is -2.30. The van der Waals surface area contributed by atoms with Gasteiger partial charge >= 0.3 is 5.97 Å². The van der Waals surface area contributed by atoms with Crippen LogP contribution in [0.2, 0.25) is 0 Å². The number of carbonyl (C=O) groups is 1. The summed E-state index contributed by atoms with van der Waals surface area (Å²) in [6.07, 6.45) is 14.8. The van der Waals surface area contributed by atoms with Crippen LogP contribution in [0.5, 0.6) is 5.75 Å². The molecule has 2 aromatic carbocycles. The zero-order valence-corrected chi connectivity index (χ0v) is 23.9. The molecule has 0 amide bonds. The van der Waals surface area contributed by atoms with Crippen LogP contribution in [0.25, 0.3) is 0 Å². The van der Waals surface area contributed by atoms with Crippen LogP contribution in [0.3, 0.4) is 0 Å². The lowest BCUT2D eigenvalue weighted by atomic mass is 10.0. The Morgan fingerprint density at radius 2 is 1.41 bits per heavy atom. The van der Waals surface area contributed by atoms with Gasteiger partial charge in [0, 0.05) is 18.4 Å². The van der Waals surface area contributed by atoms with Crippen LogP contribution in [-0.2, 0) is 22.5 Å². The van der Waals surface area contributed by atoms with E-state index < -0.39 is 0 Å². The third-order valence-corrected chi connectivity index (χ3v) is 6.93. The summed E-state index contributed by atoms with van der Waals surface area (Å²) in [7, 11) is 4.50. The Hall–Kier alpha value is -2.33. The topological polar surface area (TPSA) is 35.5 Å². The fourth-order valence-electron chi connectivity index (χ4n) is 4.77. The molecule has 0 saturated heterocycles. The molecule has 0 unspecified atom stereocenters. The number of ether oxygens (including phenoxy) is 2. The van der Waals surface area contributed by atoms with Crippen molar-refractivity contribution in [2.75, 3.05) is 33.9 Å². The predicted octanol–water partition coefficient (Wildman–Crippen LogP) is 8.13. The van der Waals surface area contributed by atoms with Gasteiger partial charge in [-0.3, -0.25) is 4.79 Å². The molecule has 4 heteroatoms. The predicted molar refractivity (Wildman–Crippen MR) is 155 cm³/mol. The summed E-state index contributed by atoms with van der Waals surface area (Å²) in [6, 6.07) is 19.0. The highest BCUT2D eigenvalue weighted by Gasteiger charge is 2.15. The third-order valence-electron chi connectivity index (χ3n) is 6.93. The maximum Gasteiger partial charge on any atom is 0.305 e. The average Bonchev–Trinajstić information content (AvgIpc) is 2.89. The molecule has 0 aromatic heterocycles. The Kier molecular flexibility index (Phi) is 15.7. The lowest BCUT2D eigenvalue weighted by Crippen LogP contribution is -2.39. The van der Waals surface area contributed by atoms with Gasteiger partial charge in [-0.1, -0.05) is 100 Å². The van der Waals surface area contributed by atoms with Gasteiger partial charge in [0.1, 0.15) is 12.3 Å². The fourth-order valence-corrected chi connectivity index (χ4v) is 4.77. The number of nitrogens with zero attached hydrogens (tertiary/aromatic N) is 1. The Morgan fingerprint density at radius 3 is 2.16 bits per heavy atom. The van der Waals surface area contributed by atoms with Crippen molar-refractivity contribution in [3.63, 3.8) is 0 Å². The first-order chi connectivity index (χ1) is 18.0. The normalized spacial score (nSPS) is 11.4. The molecule has 0 aliphatic heterocycles. The zero-order valence-electron chi connectivity index (χ0n) is 23.9. The number of esters is 1. The average molecular weight is 511 g/mol. The Morgan fingerprint density at radius 1 is 0.730 bits per heavy atom. The molecule has 0 aliphatic carbocycles. The molecule has 206 valence electrons. The number of rotatable bonds is 21. The van der Waals surface area contributed by atoms with Gasteiger partial charge < -0.3 is 14.0 Å². The highest BCUT2D eigenvalue weighted by Crippen LogP contribution is 2.21. The second-order valence-electron chi connectivity index (χ2n) is 11.0. The summed E-state index contributed by atoms with van der Waals surface area (Å²) in [5.74, 6) is 0.886. The van der Waals surface area contributed by atoms with Crippen LogP contribution in [-0.4, -0.2) is 44.3 Å². The van der Waals surface area contributed by atoms with Crippen LogP contribution in [0.1, 0.15) is 95.1 Å². The number of aryl methyl sites for hydroxylation is 1. The van der Waals surface area contributed by atoms with Gasteiger partial charge in [0.15, 0.2) is 0 Å². The van der Waals surface area contributed by atoms with Crippen LogP contribution in [0.4, 0.5) is 0 Å². The number of quaternary nitrogens is 1. The van der Waals surface area contributed by atoms with E-state index in [0.29, 0.717) is 19.6 Å². The molecular weight excluding hydrogens is 458 g/mol. The van der Waals surface area contributed by atoms with Gasteiger partial charge in [0.2, 0.25) is 0 Å². The SMILES string of the molecule is CCCCCCCCCCc1ccccc1OCCCOC(=O)CCCC[N+](C)(C)Cc1ccccc1. The van der Waals surface area contributed by atoms with E-state index in [-0.39, 0.29) is 5.97 Å². The van der Waals surface area contributed by atoms with Gasteiger partial charge in [-0.05, 0) is 37.3 Å². The number of hydrogen-bond donors (Lipinski definition) is 0. The number of para-hydroxylation sites is 1. The minimum Gasteiger partial charge on any atom is -0.493 e. The zero-order chi connectivity index (χ0) is 26.6. The Labute approximate surface area is 227 Å². The second-order valence-corrected chi connectivity index (χ2v) is 11.0. The summed E-state index contributed by atoms with van der Waals surface area (Å²) in [6.45, 7) is 5.33. The van der Waals surface area contributed by atoms with E-state index in [4.69, 9.17) is 9.47 Å².